The predicted octanol–water partition coefficient (Wildman–Crippen LogP) is 4.01. The third-order valence-corrected chi connectivity index (χ3v) is 4.58. The van der Waals surface area contributed by atoms with Gasteiger partial charge >= 0.3 is 6.18 Å². The molecule has 8 nitrogen and oxygen atoms in total. The first kappa shape index (κ1) is 24.5. The minimum absolute atomic E-state index is 0.118. The predicted molar refractivity (Wildman–Crippen MR) is 116 cm³/mol. The molecule has 0 spiro atoms. The summed E-state index contributed by atoms with van der Waals surface area (Å²) in [5.74, 6) is 1.93. The van der Waals surface area contributed by atoms with Gasteiger partial charge in [0.1, 0.15) is 23.9 Å². The number of hydrogen-bond donors (Lipinski definition) is 1. The molecule has 2 aromatic heterocycles. The third-order valence-electron chi connectivity index (χ3n) is 4.58. The zero-order valence-electron chi connectivity index (χ0n) is 18.5. The van der Waals surface area contributed by atoms with Gasteiger partial charge in [-0.25, -0.2) is 9.97 Å². The molecular weight excluding hydrogens is 441 g/mol. The van der Waals surface area contributed by atoms with Gasteiger partial charge in [0.05, 0.1) is 32.4 Å². The fraction of sp³-hybridized carbons (Fsp3) is 0.409. The number of methoxy groups -OCH3 is 2. The number of fused-ring (bicyclic) bond motifs is 1. The highest BCUT2D eigenvalue weighted by Gasteiger charge is 2.32. The second-order valence-corrected chi connectivity index (χ2v) is 6.99. The third kappa shape index (κ3) is 6.65. The normalized spacial score (nSPS) is 11.6. The molecular formula is C22H25F3N4O4. The monoisotopic (exact) mass is 466 g/mol. The number of aromatic nitrogens is 3. The lowest BCUT2D eigenvalue weighted by Gasteiger charge is -2.15. The Labute approximate surface area is 189 Å². The van der Waals surface area contributed by atoms with Crippen LogP contribution in [0.2, 0.25) is 0 Å². The number of benzene rings is 1. The number of nitrogens with zero attached hydrogens (tertiary/aromatic N) is 3. The first-order valence-electron chi connectivity index (χ1n) is 10.1. The van der Waals surface area contributed by atoms with Crippen LogP contribution in [0.15, 0.2) is 30.5 Å². The lowest BCUT2D eigenvalue weighted by molar-refractivity contribution is -0.141. The van der Waals surface area contributed by atoms with Crippen LogP contribution in [-0.4, -0.2) is 55.6 Å². The lowest BCUT2D eigenvalue weighted by Crippen LogP contribution is -2.11. The Bertz CT molecular complexity index is 1080. The Morgan fingerprint density at radius 2 is 1.76 bits per heavy atom. The van der Waals surface area contributed by atoms with Gasteiger partial charge < -0.3 is 24.3 Å². The van der Waals surface area contributed by atoms with Crippen molar-refractivity contribution in [1.29, 1.82) is 0 Å². The van der Waals surface area contributed by atoms with Gasteiger partial charge in [-0.2, -0.15) is 13.2 Å². The molecule has 178 valence electrons. The van der Waals surface area contributed by atoms with Gasteiger partial charge in [0.15, 0.2) is 11.5 Å². The van der Waals surface area contributed by atoms with Crippen LogP contribution >= 0.6 is 0 Å². The van der Waals surface area contributed by atoms with E-state index in [1.165, 1.54) is 13.2 Å². The van der Waals surface area contributed by atoms with Gasteiger partial charge in [-0.15, -0.1) is 0 Å². The van der Waals surface area contributed by atoms with E-state index in [2.05, 4.69) is 20.3 Å². The SMILES string of the molecule is COCCOCCOc1cc2c(NCc3ccnc(C(F)(F)F)c3)nc(C)nc2cc1OC. The van der Waals surface area contributed by atoms with Crippen molar-refractivity contribution < 1.29 is 32.1 Å². The van der Waals surface area contributed by atoms with Gasteiger partial charge in [-0.3, -0.25) is 4.98 Å². The molecule has 1 N–H and O–H groups in total. The van der Waals surface area contributed by atoms with Crippen LogP contribution in [-0.2, 0) is 22.2 Å². The summed E-state index contributed by atoms with van der Waals surface area (Å²) < 4.78 is 60.4. The first-order chi connectivity index (χ1) is 15.8. The number of rotatable bonds is 11. The zero-order chi connectivity index (χ0) is 23.8. The molecule has 3 rings (SSSR count). The van der Waals surface area contributed by atoms with Gasteiger partial charge in [0.25, 0.3) is 0 Å². The summed E-state index contributed by atoms with van der Waals surface area (Å²) in [6, 6.07) is 5.98. The van der Waals surface area contributed by atoms with Crippen molar-refractivity contribution in [2.45, 2.75) is 19.6 Å². The average Bonchev–Trinajstić information content (AvgIpc) is 2.79. The van der Waals surface area contributed by atoms with Crippen molar-refractivity contribution in [3.63, 3.8) is 0 Å². The van der Waals surface area contributed by atoms with E-state index in [0.29, 0.717) is 59.4 Å². The molecule has 0 saturated heterocycles. The van der Waals surface area contributed by atoms with Crippen molar-refractivity contribution >= 4 is 16.7 Å². The van der Waals surface area contributed by atoms with E-state index in [1.807, 2.05) is 0 Å². The maximum atomic E-state index is 13.0. The second kappa shape index (κ2) is 11.1. The van der Waals surface area contributed by atoms with Gasteiger partial charge in [-0.1, -0.05) is 0 Å². The number of nitrogens with one attached hydrogen (secondary N) is 1. The largest absolute Gasteiger partial charge is 0.493 e. The minimum Gasteiger partial charge on any atom is -0.493 e. The topological polar surface area (TPSA) is 87.6 Å². The number of anilines is 1. The number of aryl methyl sites for hydroxylation is 1. The van der Waals surface area contributed by atoms with Crippen LogP contribution in [0, 0.1) is 6.92 Å². The molecule has 0 amide bonds. The number of pyridine rings is 1. The first-order valence-corrected chi connectivity index (χ1v) is 10.1. The maximum Gasteiger partial charge on any atom is 0.433 e. The zero-order valence-corrected chi connectivity index (χ0v) is 18.5. The number of ether oxygens (including phenoxy) is 4. The Hall–Kier alpha value is -3.18. The Balaban J connectivity index is 1.81. The van der Waals surface area contributed by atoms with Crippen LogP contribution in [0.5, 0.6) is 11.5 Å². The standard InChI is InChI=1S/C22H25F3N4O4/c1-14-28-17-12-18(31-3)19(33-9-8-32-7-6-30-2)11-16(17)21(29-14)27-13-15-4-5-26-20(10-15)22(23,24)25/h4-5,10-12H,6-9,13H2,1-3H3,(H,27,28,29). The molecule has 0 unspecified atom stereocenters. The summed E-state index contributed by atoms with van der Waals surface area (Å²) >= 11 is 0. The highest BCUT2D eigenvalue weighted by atomic mass is 19.4. The maximum absolute atomic E-state index is 13.0. The van der Waals surface area contributed by atoms with E-state index in [9.17, 15) is 13.2 Å². The molecule has 11 heteroatoms. The highest BCUT2D eigenvalue weighted by Crippen LogP contribution is 2.34. The van der Waals surface area contributed by atoms with Crippen molar-refractivity contribution in [3.8, 4) is 11.5 Å². The van der Waals surface area contributed by atoms with E-state index < -0.39 is 11.9 Å². The fourth-order valence-electron chi connectivity index (χ4n) is 3.04. The molecule has 0 fully saturated rings. The Kier molecular flexibility index (Phi) is 8.23. The molecule has 2 heterocycles. The average molecular weight is 466 g/mol. The molecule has 1 aromatic carbocycles. The summed E-state index contributed by atoms with van der Waals surface area (Å²) in [6.45, 7) is 3.45. The van der Waals surface area contributed by atoms with Gasteiger partial charge in [-0.05, 0) is 30.7 Å². The quantitative estimate of drug-likeness (QED) is 0.424. The number of hydrogen-bond acceptors (Lipinski definition) is 8. The lowest BCUT2D eigenvalue weighted by atomic mass is 10.2. The smallest absolute Gasteiger partial charge is 0.433 e. The van der Waals surface area contributed by atoms with Crippen molar-refractivity contribution in [1.82, 2.24) is 15.0 Å². The van der Waals surface area contributed by atoms with Crippen LogP contribution in [0.3, 0.4) is 0 Å². The summed E-state index contributed by atoms with van der Waals surface area (Å²) in [5.41, 5.74) is 0.0786. The van der Waals surface area contributed by atoms with E-state index in [0.717, 1.165) is 12.3 Å². The summed E-state index contributed by atoms with van der Waals surface area (Å²) in [6.07, 6.45) is -3.38. The molecule has 0 aliphatic heterocycles. The summed E-state index contributed by atoms with van der Waals surface area (Å²) in [5, 5.41) is 3.74. The molecule has 0 aliphatic rings. The van der Waals surface area contributed by atoms with Gasteiger partial charge in [0.2, 0.25) is 0 Å². The van der Waals surface area contributed by atoms with Crippen LogP contribution < -0.4 is 14.8 Å². The van der Waals surface area contributed by atoms with Crippen molar-refractivity contribution in [2.75, 3.05) is 46.0 Å². The highest BCUT2D eigenvalue weighted by molar-refractivity contribution is 5.91. The molecule has 0 saturated carbocycles. The minimum atomic E-state index is -4.51. The second-order valence-electron chi connectivity index (χ2n) is 6.99. The van der Waals surface area contributed by atoms with E-state index >= 15 is 0 Å². The Morgan fingerprint density at radius 3 is 2.48 bits per heavy atom. The van der Waals surface area contributed by atoms with E-state index in [-0.39, 0.29) is 13.2 Å². The van der Waals surface area contributed by atoms with Crippen molar-refractivity contribution in [2.24, 2.45) is 0 Å². The van der Waals surface area contributed by atoms with Crippen LogP contribution in [0.1, 0.15) is 17.1 Å². The molecule has 0 aliphatic carbocycles. The molecule has 0 radical (unpaired) electrons. The summed E-state index contributed by atoms with van der Waals surface area (Å²) in [4.78, 5) is 12.2. The number of halogens is 3. The summed E-state index contributed by atoms with van der Waals surface area (Å²) in [7, 11) is 3.12. The fourth-order valence-corrected chi connectivity index (χ4v) is 3.04. The van der Waals surface area contributed by atoms with Crippen LogP contribution in [0.4, 0.5) is 19.0 Å². The molecule has 3 aromatic rings. The molecule has 33 heavy (non-hydrogen) atoms. The van der Waals surface area contributed by atoms with Gasteiger partial charge in [0, 0.05) is 31.3 Å². The van der Waals surface area contributed by atoms with Crippen LogP contribution in [0.25, 0.3) is 10.9 Å². The van der Waals surface area contributed by atoms with E-state index in [1.54, 1.807) is 26.2 Å². The van der Waals surface area contributed by atoms with E-state index in [4.69, 9.17) is 18.9 Å². The number of alkyl halides is 3. The molecule has 0 atom stereocenters. The molecule has 0 bridgehead atoms. The Morgan fingerprint density at radius 1 is 0.970 bits per heavy atom. The van der Waals surface area contributed by atoms with Crippen molar-refractivity contribution in [3.05, 3.63) is 47.5 Å².